The van der Waals surface area contributed by atoms with Crippen LogP contribution >= 0.6 is 11.8 Å². The molecule has 0 saturated heterocycles. The Bertz CT molecular complexity index is 601. The van der Waals surface area contributed by atoms with Gasteiger partial charge in [-0.05, 0) is 24.1 Å². The standard InChI is InChI=1S/C16H18O4S/c1-11-15(16(18)19-2)7-14(20-11)10-21-9-13-5-3-12(8-17)4-6-13/h3-7,17H,8-10H2,1-2H3. The van der Waals surface area contributed by atoms with E-state index in [0.29, 0.717) is 17.1 Å². The molecule has 2 aromatic rings. The lowest BCUT2D eigenvalue weighted by Crippen LogP contribution is -2.00. The van der Waals surface area contributed by atoms with Crippen LogP contribution in [0.15, 0.2) is 34.7 Å². The van der Waals surface area contributed by atoms with E-state index in [9.17, 15) is 4.79 Å². The molecule has 0 fully saturated rings. The Labute approximate surface area is 128 Å². The Kier molecular flexibility index (Phi) is 5.47. The zero-order valence-corrected chi connectivity index (χ0v) is 12.9. The Morgan fingerprint density at radius 3 is 2.52 bits per heavy atom. The zero-order valence-electron chi connectivity index (χ0n) is 12.1. The van der Waals surface area contributed by atoms with Crippen LogP contribution in [0.2, 0.25) is 0 Å². The highest BCUT2D eigenvalue weighted by Gasteiger charge is 2.15. The fourth-order valence-electron chi connectivity index (χ4n) is 1.94. The molecule has 0 aliphatic carbocycles. The number of methoxy groups -OCH3 is 1. The number of furan rings is 1. The number of hydrogen-bond donors (Lipinski definition) is 1. The van der Waals surface area contributed by atoms with Crippen molar-refractivity contribution in [2.24, 2.45) is 0 Å². The maximum Gasteiger partial charge on any atom is 0.341 e. The summed E-state index contributed by atoms with van der Waals surface area (Å²) in [6, 6.07) is 9.59. The van der Waals surface area contributed by atoms with Gasteiger partial charge in [0.25, 0.3) is 0 Å². The van der Waals surface area contributed by atoms with Crippen molar-refractivity contribution in [1.29, 1.82) is 0 Å². The molecule has 1 heterocycles. The molecule has 0 saturated carbocycles. The fourth-order valence-corrected chi connectivity index (χ4v) is 2.81. The lowest BCUT2D eigenvalue weighted by atomic mass is 10.2. The van der Waals surface area contributed by atoms with Gasteiger partial charge in [-0.2, -0.15) is 0 Å². The minimum Gasteiger partial charge on any atom is -0.465 e. The number of aliphatic hydroxyl groups is 1. The van der Waals surface area contributed by atoms with Gasteiger partial charge in [0.05, 0.1) is 19.5 Å². The van der Waals surface area contributed by atoms with E-state index in [1.54, 1.807) is 24.8 Å². The quantitative estimate of drug-likeness (QED) is 0.830. The molecule has 4 nitrogen and oxygen atoms in total. The smallest absolute Gasteiger partial charge is 0.341 e. The molecule has 0 spiro atoms. The second-order valence-corrected chi connectivity index (χ2v) is 5.63. The average molecular weight is 306 g/mol. The van der Waals surface area contributed by atoms with Gasteiger partial charge in [-0.3, -0.25) is 0 Å². The van der Waals surface area contributed by atoms with Crippen LogP contribution in [0.25, 0.3) is 0 Å². The monoisotopic (exact) mass is 306 g/mol. The third-order valence-electron chi connectivity index (χ3n) is 3.09. The van der Waals surface area contributed by atoms with Crippen molar-refractivity contribution in [3.05, 3.63) is 58.5 Å². The summed E-state index contributed by atoms with van der Waals surface area (Å²) in [5.74, 6) is 2.53. The molecule has 0 aliphatic rings. The summed E-state index contributed by atoms with van der Waals surface area (Å²) in [5, 5.41) is 8.99. The largest absolute Gasteiger partial charge is 0.465 e. The van der Waals surface area contributed by atoms with Crippen LogP contribution in [0.4, 0.5) is 0 Å². The number of thioether (sulfide) groups is 1. The van der Waals surface area contributed by atoms with E-state index in [-0.39, 0.29) is 12.6 Å². The van der Waals surface area contributed by atoms with E-state index >= 15 is 0 Å². The van der Waals surface area contributed by atoms with Crippen molar-refractivity contribution in [1.82, 2.24) is 0 Å². The van der Waals surface area contributed by atoms with Crippen LogP contribution in [-0.2, 0) is 22.8 Å². The van der Waals surface area contributed by atoms with Gasteiger partial charge in [0, 0.05) is 5.75 Å². The molecule has 21 heavy (non-hydrogen) atoms. The molecule has 5 heteroatoms. The van der Waals surface area contributed by atoms with Gasteiger partial charge in [-0.15, -0.1) is 11.8 Å². The van der Waals surface area contributed by atoms with Crippen molar-refractivity contribution in [3.63, 3.8) is 0 Å². The molecule has 0 amide bonds. The third-order valence-corrected chi connectivity index (χ3v) is 4.12. The van der Waals surface area contributed by atoms with Crippen LogP contribution in [0.5, 0.6) is 0 Å². The van der Waals surface area contributed by atoms with Gasteiger partial charge < -0.3 is 14.3 Å². The Balaban J connectivity index is 1.89. The van der Waals surface area contributed by atoms with Gasteiger partial charge >= 0.3 is 5.97 Å². The van der Waals surface area contributed by atoms with Crippen molar-refractivity contribution >= 4 is 17.7 Å². The van der Waals surface area contributed by atoms with E-state index in [1.807, 2.05) is 24.3 Å². The van der Waals surface area contributed by atoms with Crippen molar-refractivity contribution in [3.8, 4) is 0 Å². The first-order valence-corrected chi connectivity index (χ1v) is 7.73. The Morgan fingerprint density at radius 1 is 1.24 bits per heavy atom. The van der Waals surface area contributed by atoms with Crippen LogP contribution in [0, 0.1) is 6.92 Å². The summed E-state index contributed by atoms with van der Waals surface area (Å²) >= 11 is 1.71. The van der Waals surface area contributed by atoms with E-state index in [1.165, 1.54) is 12.7 Å². The lowest BCUT2D eigenvalue weighted by Gasteiger charge is -2.02. The minimum atomic E-state index is -0.368. The first-order chi connectivity index (χ1) is 10.1. The summed E-state index contributed by atoms with van der Waals surface area (Å²) in [6.45, 7) is 1.82. The van der Waals surface area contributed by atoms with Crippen LogP contribution in [0.1, 0.15) is 33.0 Å². The Morgan fingerprint density at radius 2 is 1.90 bits per heavy atom. The van der Waals surface area contributed by atoms with Gasteiger partial charge in [0.15, 0.2) is 0 Å². The Hall–Kier alpha value is -1.72. The number of rotatable bonds is 6. The molecule has 0 unspecified atom stereocenters. The zero-order chi connectivity index (χ0) is 15.2. The summed E-state index contributed by atoms with van der Waals surface area (Å²) < 4.78 is 10.3. The molecule has 0 atom stereocenters. The van der Waals surface area contributed by atoms with Crippen LogP contribution < -0.4 is 0 Å². The topological polar surface area (TPSA) is 59.7 Å². The highest BCUT2D eigenvalue weighted by Crippen LogP contribution is 2.22. The number of hydrogen-bond acceptors (Lipinski definition) is 5. The molecule has 1 aromatic carbocycles. The predicted molar refractivity (Wildman–Crippen MR) is 82.1 cm³/mol. The first-order valence-electron chi connectivity index (χ1n) is 6.58. The van der Waals surface area contributed by atoms with Crippen molar-refractivity contribution in [2.45, 2.75) is 25.0 Å². The SMILES string of the molecule is COC(=O)c1cc(CSCc2ccc(CO)cc2)oc1C. The molecule has 112 valence electrons. The number of ether oxygens (including phenoxy) is 1. The van der Waals surface area contributed by atoms with Gasteiger partial charge in [-0.25, -0.2) is 4.79 Å². The van der Waals surface area contributed by atoms with Gasteiger partial charge in [-0.1, -0.05) is 24.3 Å². The maximum atomic E-state index is 11.5. The number of carbonyl (C=O) groups excluding carboxylic acids is 1. The summed E-state index contributed by atoms with van der Waals surface area (Å²) in [5.41, 5.74) is 2.59. The third kappa shape index (κ3) is 4.12. The molecule has 1 N–H and O–H groups in total. The summed E-state index contributed by atoms with van der Waals surface area (Å²) in [6.07, 6.45) is 0. The molecular formula is C16H18O4S. The van der Waals surface area contributed by atoms with E-state index in [0.717, 1.165) is 17.1 Å². The molecule has 2 rings (SSSR count). The summed E-state index contributed by atoms with van der Waals surface area (Å²) in [4.78, 5) is 11.5. The van der Waals surface area contributed by atoms with Crippen molar-refractivity contribution in [2.75, 3.05) is 7.11 Å². The van der Waals surface area contributed by atoms with Crippen molar-refractivity contribution < 1.29 is 19.1 Å². The minimum absolute atomic E-state index is 0.0649. The number of aryl methyl sites for hydroxylation is 1. The highest BCUT2D eigenvalue weighted by molar-refractivity contribution is 7.97. The maximum absolute atomic E-state index is 11.5. The van der Waals surface area contributed by atoms with E-state index < -0.39 is 0 Å². The van der Waals surface area contributed by atoms with Gasteiger partial charge in [0.2, 0.25) is 0 Å². The number of esters is 1. The van der Waals surface area contributed by atoms with Crippen LogP contribution in [0.3, 0.4) is 0 Å². The highest BCUT2D eigenvalue weighted by atomic mass is 32.2. The number of benzene rings is 1. The number of aliphatic hydroxyl groups excluding tert-OH is 1. The van der Waals surface area contributed by atoms with E-state index in [4.69, 9.17) is 14.3 Å². The second kappa shape index (κ2) is 7.33. The van der Waals surface area contributed by atoms with Crippen LogP contribution in [-0.4, -0.2) is 18.2 Å². The molecular weight excluding hydrogens is 288 g/mol. The molecule has 0 bridgehead atoms. The number of carbonyl (C=O) groups is 1. The first kappa shape index (κ1) is 15.7. The fraction of sp³-hybridized carbons (Fsp3) is 0.312. The normalized spacial score (nSPS) is 10.6. The average Bonchev–Trinajstić information content (AvgIpc) is 2.88. The van der Waals surface area contributed by atoms with Gasteiger partial charge in [0.1, 0.15) is 17.1 Å². The van der Waals surface area contributed by atoms with E-state index in [2.05, 4.69) is 0 Å². The summed E-state index contributed by atoms with van der Waals surface area (Å²) in [7, 11) is 1.36. The second-order valence-electron chi connectivity index (χ2n) is 4.64. The lowest BCUT2D eigenvalue weighted by molar-refractivity contribution is 0.0599. The molecule has 0 radical (unpaired) electrons. The molecule has 0 aliphatic heterocycles. The molecule has 1 aromatic heterocycles. The predicted octanol–water partition coefficient (Wildman–Crippen LogP) is 3.30.